The monoisotopic (exact) mass is 263 g/mol. The summed E-state index contributed by atoms with van der Waals surface area (Å²) >= 11 is 0. The molecule has 0 spiro atoms. The summed E-state index contributed by atoms with van der Waals surface area (Å²) in [4.78, 5) is 23.8. The molecule has 1 saturated heterocycles. The zero-order valence-corrected chi connectivity index (χ0v) is 10.8. The van der Waals surface area contributed by atoms with E-state index < -0.39 is 6.09 Å². The van der Waals surface area contributed by atoms with Gasteiger partial charge in [-0.3, -0.25) is 0 Å². The van der Waals surface area contributed by atoms with Crippen LogP contribution in [-0.4, -0.2) is 42.3 Å². The van der Waals surface area contributed by atoms with Crippen molar-refractivity contribution < 1.29 is 19.4 Å². The van der Waals surface area contributed by atoms with Gasteiger partial charge in [0.05, 0.1) is 12.7 Å². The normalized spacial score (nSPS) is 16.2. The second-order valence-corrected chi connectivity index (χ2v) is 4.66. The lowest BCUT2D eigenvalue weighted by Crippen LogP contribution is -2.36. The minimum Gasteiger partial charge on any atom is -0.465 e. The predicted octanol–water partition coefficient (Wildman–Crippen LogP) is 2.33. The summed E-state index contributed by atoms with van der Waals surface area (Å²) < 4.78 is 4.70. The molecule has 1 aliphatic heterocycles. The maximum Gasteiger partial charge on any atom is 0.407 e. The molecule has 1 aromatic rings. The third-order valence-corrected chi connectivity index (χ3v) is 3.54. The van der Waals surface area contributed by atoms with Gasteiger partial charge in [0.25, 0.3) is 0 Å². The van der Waals surface area contributed by atoms with Crippen LogP contribution in [0.5, 0.6) is 0 Å². The molecule has 0 radical (unpaired) electrons. The Morgan fingerprint density at radius 2 is 2.00 bits per heavy atom. The van der Waals surface area contributed by atoms with Crippen LogP contribution in [0.1, 0.15) is 34.7 Å². The molecule has 1 aromatic carbocycles. The van der Waals surface area contributed by atoms with Crippen LogP contribution in [0, 0.1) is 0 Å². The van der Waals surface area contributed by atoms with Gasteiger partial charge in [-0.1, -0.05) is 12.1 Å². The fourth-order valence-corrected chi connectivity index (χ4v) is 2.44. The molecular weight excluding hydrogens is 246 g/mol. The predicted molar refractivity (Wildman–Crippen MR) is 69.4 cm³/mol. The van der Waals surface area contributed by atoms with Crippen molar-refractivity contribution in [3.8, 4) is 0 Å². The van der Waals surface area contributed by atoms with E-state index in [4.69, 9.17) is 9.84 Å². The lowest BCUT2D eigenvalue weighted by atomic mass is 9.89. The fourth-order valence-electron chi connectivity index (χ4n) is 2.44. The summed E-state index contributed by atoms with van der Waals surface area (Å²) in [6.07, 6.45) is 0.718. The Morgan fingerprint density at radius 3 is 2.58 bits per heavy atom. The highest BCUT2D eigenvalue weighted by atomic mass is 16.5. The van der Waals surface area contributed by atoms with Crippen molar-refractivity contribution in [2.75, 3.05) is 20.2 Å². The van der Waals surface area contributed by atoms with Crippen molar-refractivity contribution in [3.63, 3.8) is 0 Å². The van der Waals surface area contributed by atoms with E-state index in [0.29, 0.717) is 24.6 Å². The van der Waals surface area contributed by atoms with Crippen LogP contribution in [0.4, 0.5) is 4.79 Å². The average Bonchev–Trinajstić information content (AvgIpc) is 2.46. The van der Waals surface area contributed by atoms with Gasteiger partial charge in [0, 0.05) is 13.1 Å². The van der Waals surface area contributed by atoms with Gasteiger partial charge in [0.15, 0.2) is 0 Å². The number of carbonyl (C=O) groups excluding carboxylic acids is 1. The van der Waals surface area contributed by atoms with E-state index in [-0.39, 0.29) is 5.97 Å². The summed E-state index contributed by atoms with van der Waals surface area (Å²) in [6, 6.07) is 7.38. The van der Waals surface area contributed by atoms with Crippen molar-refractivity contribution in [1.29, 1.82) is 0 Å². The maximum absolute atomic E-state index is 11.5. The number of rotatable bonds is 2. The number of hydrogen-bond acceptors (Lipinski definition) is 3. The van der Waals surface area contributed by atoms with Crippen LogP contribution in [0.25, 0.3) is 0 Å². The third-order valence-electron chi connectivity index (χ3n) is 3.54. The van der Waals surface area contributed by atoms with Crippen LogP contribution in [0.15, 0.2) is 24.3 Å². The van der Waals surface area contributed by atoms with E-state index in [2.05, 4.69) is 0 Å². The molecular formula is C14H17NO4. The molecule has 0 aliphatic carbocycles. The first-order chi connectivity index (χ1) is 9.11. The number of carbonyl (C=O) groups is 2. The minimum absolute atomic E-state index is 0.306. The molecule has 1 amide bonds. The molecule has 0 atom stereocenters. The van der Waals surface area contributed by atoms with Gasteiger partial charge in [-0.25, -0.2) is 9.59 Å². The van der Waals surface area contributed by atoms with E-state index in [1.807, 2.05) is 18.2 Å². The molecule has 1 heterocycles. The molecule has 0 unspecified atom stereocenters. The van der Waals surface area contributed by atoms with Crippen LogP contribution in [-0.2, 0) is 4.74 Å². The Morgan fingerprint density at radius 1 is 1.32 bits per heavy atom. The highest BCUT2D eigenvalue weighted by Crippen LogP contribution is 2.28. The first-order valence-electron chi connectivity index (χ1n) is 6.28. The summed E-state index contributed by atoms with van der Waals surface area (Å²) in [5.74, 6) is -0.0370. The van der Waals surface area contributed by atoms with Gasteiger partial charge in [-0.2, -0.15) is 0 Å². The second-order valence-electron chi connectivity index (χ2n) is 4.66. The Hall–Kier alpha value is -2.04. The van der Waals surface area contributed by atoms with Gasteiger partial charge in [0.1, 0.15) is 0 Å². The van der Waals surface area contributed by atoms with E-state index >= 15 is 0 Å². The first kappa shape index (κ1) is 13.4. The Bertz CT molecular complexity index is 478. The number of nitrogens with zero attached hydrogens (tertiary/aromatic N) is 1. The van der Waals surface area contributed by atoms with Crippen molar-refractivity contribution >= 4 is 12.1 Å². The first-order valence-corrected chi connectivity index (χ1v) is 6.28. The van der Waals surface area contributed by atoms with Crippen LogP contribution in [0.2, 0.25) is 0 Å². The lowest BCUT2D eigenvalue weighted by Gasteiger charge is -2.30. The fraction of sp³-hybridized carbons (Fsp3) is 0.429. The number of hydrogen-bond donors (Lipinski definition) is 1. The summed E-state index contributed by atoms with van der Waals surface area (Å²) in [5, 5.41) is 8.91. The molecule has 0 bridgehead atoms. The Labute approximate surface area is 111 Å². The van der Waals surface area contributed by atoms with E-state index in [1.165, 1.54) is 12.0 Å². The van der Waals surface area contributed by atoms with E-state index in [0.717, 1.165) is 18.4 Å². The SMILES string of the molecule is COC(=O)c1cccc(C2CCN(C(=O)O)CC2)c1. The summed E-state index contributed by atoms with van der Waals surface area (Å²) in [5.41, 5.74) is 1.62. The molecule has 0 saturated carbocycles. The topological polar surface area (TPSA) is 66.8 Å². The largest absolute Gasteiger partial charge is 0.465 e. The lowest BCUT2D eigenvalue weighted by molar-refractivity contribution is 0.0600. The zero-order chi connectivity index (χ0) is 13.8. The maximum atomic E-state index is 11.5. The number of amides is 1. The van der Waals surface area contributed by atoms with Gasteiger partial charge in [-0.05, 0) is 36.5 Å². The molecule has 1 aliphatic rings. The highest BCUT2D eigenvalue weighted by molar-refractivity contribution is 5.89. The number of likely N-dealkylation sites (tertiary alicyclic amines) is 1. The van der Waals surface area contributed by atoms with Gasteiger partial charge in [0.2, 0.25) is 0 Å². The van der Waals surface area contributed by atoms with Crippen LogP contribution < -0.4 is 0 Å². The number of benzene rings is 1. The van der Waals surface area contributed by atoms with Crippen molar-refractivity contribution in [3.05, 3.63) is 35.4 Å². The standard InChI is InChI=1S/C14H17NO4/c1-19-13(16)12-4-2-3-11(9-12)10-5-7-15(8-6-10)14(17)18/h2-4,9-10H,5-8H2,1H3,(H,17,18). The van der Waals surface area contributed by atoms with Crippen molar-refractivity contribution in [2.24, 2.45) is 0 Å². The zero-order valence-electron chi connectivity index (χ0n) is 10.8. The number of methoxy groups -OCH3 is 1. The molecule has 5 nitrogen and oxygen atoms in total. The average molecular weight is 263 g/mol. The smallest absolute Gasteiger partial charge is 0.407 e. The number of carboxylic acid groups (broad SMARTS) is 1. The van der Waals surface area contributed by atoms with Gasteiger partial charge >= 0.3 is 12.1 Å². The minimum atomic E-state index is -0.859. The molecule has 1 fully saturated rings. The van der Waals surface area contributed by atoms with Crippen molar-refractivity contribution in [2.45, 2.75) is 18.8 Å². The molecule has 102 valence electrons. The highest BCUT2D eigenvalue weighted by Gasteiger charge is 2.23. The molecule has 0 aromatic heterocycles. The van der Waals surface area contributed by atoms with Crippen LogP contribution in [0.3, 0.4) is 0 Å². The molecule has 5 heteroatoms. The van der Waals surface area contributed by atoms with Gasteiger partial charge < -0.3 is 14.7 Å². The van der Waals surface area contributed by atoms with Crippen LogP contribution >= 0.6 is 0 Å². The molecule has 1 N–H and O–H groups in total. The Kier molecular flexibility index (Phi) is 4.04. The number of ether oxygens (including phenoxy) is 1. The van der Waals surface area contributed by atoms with E-state index in [9.17, 15) is 9.59 Å². The number of piperidine rings is 1. The third kappa shape index (κ3) is 3.05. The summed E-state index contributed by atoms with van der Waals surface area (Å²) in [7, 11) is 1.36. The van der Waals surface area contributed by atoms with Crippen molar-refractivity contribution in [1.82, 2.24) is 4.90 Å². The number of esters is 1. The quantitative estimate of drug-likeness (QED) is 0.831. The van der Waals surface area contributed by atoms with E-state index in [1.54, 1.807) is 6.07 Å². The summed E-state index contributed by atoms with van der Waals surface area (Å²) in [6.45, 7) is 1.09. The molecule has 2 rings (SSSR count). The second kappa shape index (κ2) is 5.73. The Balaban J connectivity index is 2.07. The van der Waals surface area contributed by atoms with Gasteiger partial charge in [-0.15, -0.1) is 0 Å². The molecule has 19 heavy (non-hydrogen) atoms.